The van der Waals surface area contributed by atoms with Gasteiger partial charge in [-0.3, -0.25) is 0 Å². The quantitative estimate of drug-likeness (QED) is 0.798. The maximum Gasteiger partial charge on any atom is 0.416 e. The van der Waals surface area contributed by atoms with Crippen LogP contribution in [0.5, 0.6) is 0 Å². The van der Waals surface area contributed by atoms with Crippen molar-refractivity contribution in [2.24, 2.45) is 5.73 Å². The van der Waals surface area contributed by atoms with Crippen LogP contribution in [0.25, 0.3) is 0 Å². The SMILES string of the molecule is NC(=S)c1c(Cl)cccc1Nc1cccc(C(F)(F)F)c1. The molecule has 2 aromatic carbocycles. The van der Waals surface area contributed by atoms with Gasteiger partial charge < -0.3 is 11.1 Å². The first-order valence-electron chi connectivity index (χ1n) is 5.81. The molecule has 0 spiro atoms. The number of nitrogens with two attached hydrogens (primary N) is 1. The van der Waals surface area contributed by atoms with Crippen LogP contribution >= 0.6 is 23.8 Å². The molecule has 0 fully saturated rings. The van der Waals surface area contributed by atoms with Crippen molar-refractivity contribution >= 4 is 40.2 Å². The minimum Gasteiger partial charge on any atom is -0.389 e. The van der Waals surface area contributed by atoms with E-state index in [0.29, 0.717) is 16.3 Å². The molecule has 0 aliphatic heterocycles. The third kappa shape index (κ3) is 3.65. The molecule has 3 N–H and O–H groups in total. The maximum atomic E-state index is 12.7. The molecule has 0 radical (unpaired) electrons. The summed E-state index contributed by atoms with van der Waals surface area (Å²) in [6.07, 6.45) is -4.40. The minimum absolute atomic E-state index is 0.0649. The van der Waals surface area contributed by atoms with Gasteiger partial charge in [-0.1, -0.05) is 36.0 Å². The number of halogens is 4. The normalized spacial score (nSPS) is 11.2. The van der Waals surface area contributed by atoms with Gasteiger partial charge in [0.25, 0.3) is 0 Å². The lowest BCUT2D eigenvalue weighted by molar-refractivity contribution is -0.137. The molecule has 110 valence electrons. The number of alkyl halides is 3. The van der Waals surface area contributed by atoms with Crippen molar-refractivity contribution in [2.75, 3.05) is 5.32 Å². The second-order valence-electron chi connectivity index (χ2n) is 4.23. The first-order valence-corrected chi connectivity index (χ1v) is 6.60. The third-order valence-corrected chi connectivity index (χ3v) is 3.25. The Hall–Kier alpha value is -1.79. The number of thiocarbonyl (C=S) groups is 1. The van der Waals surface area contributed by atoms with Gasteiger partial charge in [0.1, 0.15) is 4.99 Å². The van der Waals surface area contributed by atoms with Crippen LogP contribution in [0.2, 0.25) is 5.02 Å². The van der Waals surface area contributed by atoms with Crippen molar-refractivity contribution in [1.82, 2.24) is 0 Å². The molecule has 2 nitrogen and oxygen atoms in total. The van der Waals surface area contributed by atoms with Crippen molar-refractivity contribution in [1.29, 1.82) is 0 Å². The van der Waals surface area contributed by atoms with E-state index in [-0.39, 0.29) is 10.7 Å². The molecule has 0 unspecified atom stereocenters. The maximum absolute atomic E-state index is 12.7. The van der Waals surface area contributed by atoms with E-state index >= 15 is 0 Å². The van der Waals surface area contributed by atoms with E-state index in [9.17, 15) is 13.2 Å². The number of nitrogens with one attached hydrogen (secondary N) is 1. The topological polar surface area (TPSA) is 38.0 Å². The van der Waals surface area contributed by atoms with Gasteiger partial charge in [0, 0.05) is 5.69 Å². The fourth-order valence-corrected chi connectivity index (χ4v) is 2.36. The molecule has 0 heterocycles. The van der Waals surface area contributed by atoms with E-state index in [1.807, 2.05) is 0 Å². The van der Waals surface area contributed by atoms with Gasteiger partial charge in [0.15, 0.2) is 0 Å². The fourth-order valence-electron chi connectivity index (χ4n) is 1.81. The van der Waals surface area contributed by atoms with Crippen LogP contribution in [0.15, 0.2) is 42.5 Å². The average Bonchev–Trinajstić information content (AvgIpc) is 2.37. The molecule has 2 rings (SSSR count). The van der Waals surface area contributed by atoms with Crippen LogP contribution in [-0.4, -0.2) is 4.99 Å². The zero-order valence-corrected chi connectivity index (χ0v) is 12.1. The van der Waals surface area contributed by atoms with E-state index in [2.05, 4.69) is 5.32 Å². The first kappa shape index (κ1) is 15.6. The predicted octanol–water partition coefficient (Wildman–Crippen LogP) is 4.74. The number of benzene rings is 2. The van der Waals surface area contributed by atoms with Gasteiger partial charge in [0.05, 0.1) is 21.8 Å². The summed E-state index contributed by atoms with van der Waals surface area (Å²) < 4.78 is 38.1. The second kappa shape index (κ2) is 5.91. The Balaban J connectivity index is 2.40. The van der Waals surface area contributed by atoms with E-state index in [1.54, 1.807) is 18.2 Å². The van der Waals surface area contributed by atoms with Gasteiger partial charge in [0.2, 0.25) is 0 Å². The van der Waals surface area contributed by atoms with Crippen LogP contribution in [0.4, 0.5) is 24.5 Å². The molecule has 0 bridgehead atoms. The van der Waals surface area contributed by atoms with Crippen LogP contribution in [0, 0.1) is 0 Å². The molecular weight excluding hydrogens is 321 g/mol. The van der Waals surface area contributed by atoms with Crippen LogP contribution in [0.3, 0.4) is 0 Å². The fraction of sp³-hybridized carbons (Fsp3) is 0.0714. The molecular formula is C14H10ClF3N2S. The van der Waals surface area contributed by atoms with Crippen LogP contribution in [0.1, 0.15) is 11.1 Å². The summed E-state index contributed by atoms with van der Waals surface area (Å²) in [5.41, 5.74) is 5.97. The summed E-state index contributed by atoms with van der Waals surface area (Å²) in [4.78, 5) is 0.0649. The Morgan fingerprint density at radius 3 is 2.43 bits per heavy atom. The Kier molecular flexibility index (Phi) is 4.39. The Morgan fingerprint density at radius 1 is 1.14 bits per heavy atom. The van der Waals surface area contributed by atoms with E-state index in [0.717, 1.165) is 12.1 Å². The lowest BCUT2D eigenvalue weighted by Crippen LogP contribution is -2.13. The summed E-state index contributed by atoms with van der Waals surface area (Å²) >= 11 is 10.9. The standard InChI is InChI=1S/C14H10ClF3N2S/c15-10-5-2-6-11(12(10)13(19)21)20-9-4-1-3-8(7-9)14(16,17)18/h1-7,20H,(H2,19,21). The molecule has 0 atom stereocenters. The third-order valence-electron chi connectivity index (χ3n) is 2.73. The second-order valence-corrected chi connectivity index (χ2v) is 5.08. The zero-order chi connectivity index (χ0) is 15.6. The number of rotatable bonds is 3. The van der Waals surface area contributed by atoms with Gasteiger partial charge in [-0.05, 0) is 30.3 Å². The highest BCUT2D eigenvalue weighted by molar-refractivity contribution is 7.80. The van der Waals surface area contributed by atoms with Gasteiger partial charge in [-0.15, -0.1) is 0 Å². The van der Waals surface area contributed by atoms with Crippen molar-refractivity contribution in [2.45, 2.75) is 6.18 Å². The molecule has 0 aliphatic rings. The molecule has 7 heteroatoms. The van der Waals surface area contributed by atoms with Crippen LogP contribution < -0.4 is 11.1 Å². The average molecular weight is 331 g/mol. The van der Waals surface area contributed by atoms with Crippen molar-refractivity contribution in [3.8, 4) is 0 Å². The summed E-state index contributed by atoms with van der Waals surface area (Å²) in [7, 11) is 0. The summed E-state index contributed by atoms with van der Waals surface area (Å²) in [6.45, 7) is 0. The molecule has 0 aliphatic carbocycles. The van der Waals surface area contributed by atoms with E-state index in [1.165, 1.54) is 12.1 Å². The lowest BCUT2D eigenvalue weighted by Gasteiger charge is -2.14. The molecule has 2 aromatic rings. The largest absolute Gasteiger partial charge is 0.416 e. The van der Waals surface area contributed by atoms with E-state index in [4.69, 9.17) is 29.6 Å². The molecule has 0 saturated carbocycles. The summed E-state index contributed by atoms with van der Waals surface area (Å²) in [6, 6.07) is 9.73. The Morgan fingerprint density at radius 2 is 1.81 bits per heavy atom. The first-order chi connectivity index (χ1) is 9.79. The highest BCUT2D eigenvalue weighted by atomic mass is 35.5. The number of hydrogen-bond donors (Lipinski definition) is 2. The molecule has 0 aromatic heterocycles. The highest BCUT2D eigenvalue weighted by Gasteiger charge is 2.30. The monoisotopic (exact) mass is 330 g/mol. The predicted molar refractivity (Wildman–Crippen MR) is 82.1 cm³/mol. The van der Waals surface area contributed by atoms with Crippen LogP contribution in [-0.2, 0) is 6.18 Å². The number of anilines is 2. The zero-order valence-electron chi connectivity index (χ0n) is 10.5. The van der Waals surface area contributed by atoms with Gasteiger partial charge in [-0.25, -0.2) is 0 Å². The highest BCUT2D eigenvalue weighted by Crippen LogP contribution is 2.32. The number of hydrogen-bond acceptors (Lipinski definition) is 2. The molecule has 0 amide bonds. The van der Waals surface area contributed by atoms with Crippen molar-refractivity contribution < 1.29 is 13.2 Å². The summed E-state index contributed by atoms with van der Waals surface area (Å²) in [5, 5.41) is 3.19. The smallest absolute Gasteiger partial charge is 0.389 e. The van der Waals surface area contributed by atoms with E-state index < -0.39 is 11.7 Å². The van der Waals surface area contributed by atoms with Gasteiger partial charge in [-0.2, -0.15) is 13.2 Å². The minimum atomic E-state index is -4.40. The molecule has 21 heavy (non-hydrogen) atoms. The lowest BCUT2D eigenvalue weighted by atomic mass is 10.1. The van der Waals surface area contributed by atoms with Crippen molar-refractivity contribution in [3.05, 3.63) is 58.6 Å². The molecule has 0 saturated heterocycles. The summed E-state index contributed by atoms with van der Waals surface area (Å²) in [5.74, 6) is 0. The van der Waals surface area contributed by atoms with Gasteiger partial charge >= 0.3 is 6.18 Å². The van der Waals surface area contributed by atoms with Crippen molar-refractivity contribution in [3.63, 3.8) is 0 Å². The Bertz CT molecular complexity index is 686. The Labute approximate surface area is 129 Å².